The van der Waals surface area contributed by atoms with Gasteiger partial charge in [-0.05, 0) is 45.4 Å². The summed E-state index contributed by atoms with van der Waals surface area (Å²) in [5.41, 5.74) is 0. The van der Waals surface area contributed by atoms with Crippen molar-refractivity contribution in [2.24, 2.45) is 5.92 Å². The fourth-order valence-corrected chi connectivity index (χ4v) is 2.99. The molecule has 0 aromatic carbocycles. The topological polar surface area (TPSA) is 29.5 Å². The van der Waals surface area contributed by atoms with E-state index in [9.17, 15) is 4.79 Å². The van der Waals surface area contributed by atoms with Crippen LogP contribution in [0, 0.1) is 5.92 Å². The zero-order valence-electron chi connectivity index (χ0n) is 10.4. The van der Waals surface area contributed by atoms with Crippen LogP contribution in [0.3, 0.4) is 0 Å². The third-order valence-electron chi connectivity index (χ3n) is 4.04. The second-order valence-corrected chi connectivity index (χ2v) is 5.34. The van der Waals surface area contributed by atoms with E-state index in [0.717, 1.165) is 32.5 Å². The molecule has 2 fully saturated rings. The number of rotatable bonds is 2. The molecular weight excluding hydrogens is 202 g/mol. The Balaban J connectivity index is 1.86. The lowest BCUT2D eigenvalue weighted by Crippen LogP contribution is -2.39. The van der Waals surface area contributed by atoms with Crippen molar-refractivity contribution in [2.45, 2.75) is 58.0 Å². The molecule has 1 amide bonds. The Morgan fingerprint density at radius 2 is 1.69 bits per heavy atom. The normalized spacial score (nSPS) is 32.0. The zero-order valence-corrected chi connectivity index (χ0v) is 10.4. The van der Waals surface area contributed by atoms with Crippen LogP contribution in [0.1, 0.15) is 46.0 Å². The first kappa shape index (κ1) is 11.9. The number of hydrogen-bond donors (Lipinski definition) is 0. The molecular formula is C13H23NO2. The van der Waals surface area contributed by atoms with Crippen molar-refractivity contribution in [3.8, 4) is 0 Å². The number of amides is 1. The van der Waals surface area contributed by atoms with E-state index in [1.165, 1.54) is 12.8 Å². The van der Waals surface area contributed by atoms with E-state index in [2.05, 4.69) is 18.7 Å². The number of likely N-dealkylation sites (tertiary alicyclic amines) is 1. The smallest absolute Gasteiger partial charge is 0.223 e. The fourth-order valence-electron chi connectivity index (χ4n) is 2.99. The standard InChI is InChI=1S/C13H23NO2/c1-10-3-4-11(2)14(10)13(15)9-12-5-7-16-8-6-12/h10-12H,3-9H2,1-2H3. The zero-order chi connectivity index (χ0) is 11.5. The van der Waals surface area contributed by atoms with E-state index in [1.807, 2.05) is 0 Å². The van der Waals surface area contributed by atoms with E-state index in [4.69, 9.17) is 4.74 Å². The molecule has 0 spiro atoms. The third-order valence-corrected chi connectivity index (χ3v) is 4.04. The summed E-state index contributed by atoms with van der Waals surface area (Å²) in [6.07, 6.45) is 5.18. The molecule has 2 rings (SSSR count). The molecule has 2 aliphatic rings. The molecule has 2 unspecified atom stereocenters. The molecule has 92 valence electrons. The molecule has 2 atom stereocenters. The van der Waals surface area contributed by atoms with E-state index in [0.29, 0.717) is 23.9 Å². The Morgan fingerprint density at radius 3 is 2.25 bits per heavy atom. The summed E-state index contributed by atoms with van der Waals surface area (Å²) in [4.78, 5) is 14.3. The van der Waals surface area contributed by atoms with Crippen LogP contribution in [0.4, 0.5) is 0 Å². The molecule has 2 saturated heterocycles. The van der Waals surface area contributed by atoms with Crippen LogP contribution in [0.2, 0.25) is 0 Å². The van der Waals surface area contributed by atoms with E-state index >= 15 is 0 Å². The minimum absolute atomic E-state index is 0.365. The molecule has 2 aliphatic heterocycles. The van der Waals surface area contributed by atoms with Crippen LogP contribution in [-0.4, -0.2) is 36.1 Å². The Hall–Kier alpha value is -0.570. The lowest BCUT2D eigenvalue weighted by Gasteiger charge is -2.29. The highest BCUT2D eigenvalue weighted by atomic mass is 16.5. The van der Waals surface area contributed by atoms with E-state index in [-0.39, 0.29) is 0 Å². The van der Waals surface area contributed by atoms with Crippen LogP contribution in [0.5, 0.6) is 0 Å². The maximum absolute atomic E-state index is 12.2. The van der Waals surface area contributed by atoms with Gasteiger partial charge in [0.25, 0.3) is 0 Å². The van der Waals surface area contributed by atoms with Crippen LogP contribution in [-0.2, 0) is 9.53 Å². The lowest BCUT2D eigenvalue weighted by molar-refractivity contribution is -0.135. The monoisotopic (exact) mass is 225 g/mol. The first-order valence-corrected chi connectivity index (χ1v) is 6.57. The van der Waals surface area contributed by atoms with Gasteiger partial charge in [0.2, 0.25) is 5.91 Å². The summed E-state index contributed by atoms with van der Waals surface area (Å²) in [6.45, 7) is 6.02. The average Bonchev–Trinajstić information content (AvgIpc) is 2.60. The maximum atomic E-state index is 12.2. The van der Waals surface area contributed by atoms with Crippen molar-refractivity contribution in [3.05, 3.63) is 0 Å². The van der Waals surface area contributed by atoms with Gasteiger partial charge < -0.3 is 9.64 Å². The molecule has 0 N–H and O–H groups in total. The van der Waals surface area contributed by atoms with Gasteiger partial charge in [0.15, 0.2) is 0 Å². The van der Waals surface area contributed by atoms with E-state index in [1.54, 1.807) is 0 Å². The SMILES string of the molecule is CC1CCC(C)N1C(=O)CC1CCOCC1. The molecule has 3 heteroatoms. The number of hydrogen-bond acceptors (Lipinski definition) is 2. The number of nitrogens with zero attached hydrogens (tertiary/aromatic N) is 1. The average molecular weight is 225 g/mol. The fraction of sp³-hybridized carbons (Fsp3) is 0.923. The van der Waals surface area contributed by atoms with Gasteiger partial charge in [-0.1, -0.05) is 0 Å². The first-order valence-electron chi connectivity index (χ1n) is 6.57. The second kappa shape index (κ2) is 5.17. The summed E-state index contributed by atoms with van der Waals surface area (Å²) in [7, 11) is 0. The van der Waals surface area contributed by atoms with E-state index < -0.39 is 0 Å². The van der Waals surface area contributed by atoms with Crippen molar-refractivity contribution in [3.63, 3.8) is 0 Å². The minimum atomic E-state index is 0.365. The molecule has 0 bridgehead atoms. The number of carbonyl (C=O) groups excluding carboxylic acids is 1. The molecule has 0 aromatic rings. The van der Waals surface area contributed by atoms with Gasteiger partial charge in [0.1, 0.15) is 0 Å². The Labute approximate surface area is 98.1 Å². The lowest BCUT2D eigenvalue weighted by atomic mass is 9.95. The van der Waals surface area contributed by atoms with Gasteiger partial charge in [0, 0.05) is 31.7 Å². The van der Waals surface area contributed by atoms with Gasteiger partial charge >= 0.3 is 0 Å². The third kappa shape index (κ3) is 2.57. The molecule has 3 nitrogen and oxygen atoms in total. The summed E-state index contributed by atoms with van der Waals surface area (Å²) >= 11 is 0. The van der Waals surface area contributed by atoms with Crippen molar-refractivity contribution in [2.75, 3.05) is 13.2 Å². The first-order chi connectivity index (χ1) is 7.68. The summed E-state index contributed by atoms with van der Waals surface area (Å²) < 4.78 is 5.32. The number of carbonyl (C=O) groups is 1. The van der Waals surface area contributed by atoms with Crippen molar-refractivity contribution in [1.82, 2.24) is 4.90 Å². The number of ether oxygens (including phenoxy) is 1. The van der Waals surface area contributed by atoms with Crippen LogP contribution < -0.4 is 0 Å². The molecule has 16 heavy (non-hydrogen) atoms. The quantitative estimate of drug-likeness (QED) is 0.721. The summed E-state index contributed by atoms with van der Waals surface area (Å²) in [5.74, 6) is 0.922. The molecule has 0 aliphatic carbocycles. The molecule has 0 aromatic heterocycles. The van der Waals surface area contributed by atoms with Crippen molar-refractivity contribution >= 4 is 5.91 Å². The predicted molar refractivity (Wildman–Crippen MR) is 63.2 cm³/mol. The minimum Gasteiger partial charge on any atom is -0.381 e. The van der Waals surface area contributed by atoms with Gasteiger partial charge in [0.05, 0.1) is 0 Å². The molecule has 0 saturated carbocycles. The highest BCUT2D eigenvalue weighted by molar-refractivity contribution is 5.77. The van der Waals surface area contributed by atoms with Crippen LogP contribution in [0.15, 0.2) is 0 Å². The summed E-state index contributed by atoms with van der Waals surface area (Å²) in [6, 6.07) is 0.893. The van der Waals surface area contributed by atoms with Gasteiger partial charge in [-0.15, -0.1) is 0 Å². The van der Waals surface area contributed by atoms with Gasteiger partial charge in [-0.3, -0.25) is 4.79 Å². The summed E-state index contributed by atoms with van der Waals surface area (Å²) in [5, 5.41) is 0. The van der Waals surface area contributed by atoms with Gasteiger partial charge in [-0.2, -0.15) is 0 Å². The van der Waals surface area contributed by atoms with Crippen molar-refractivity contribution in [1.29, 1.82) is 0 Å². The highest BCUT2D eigenvalue weighted by Crippen LogP contribution is 2.27. The molecule has 2 heterocycles. The molecule has 0 radical (unpaired) electrons. The largest absolute Gasteiger partial charge is 0.381 e. The van der Waals surface area contributed by atoms with Gasteiger partial charge in [-0.25, -0.2) is 0 Å². The Bertz CT molecular complexity index is 238. The van der Waals surface area contributed by atoms with Crippen LogP contribution in [0.25, 0.3) is 0 Å². The van der Waals surface area contributed by atoms with Crippen LogP contribution >= 0.6 is 0 Å². The highest BCUT2D eigenvalue weighted by Gasteiger charge is 2.32. The maximum Gasteiger partial charge on any atom is 0.223 e. The second-order valence-electron chi connectivity index (χ2n) is 5.34. The van der Waals surface area contributed by atoms with Crippen molar-refractivity contribution < 1.29 is 9.53 Å². The Morgan fingerprint density at radius 1 is 1.12 bits per heavy atom. The predicted octanol–water partition coefficient (Wildman–Crippen LogP) is 2.20. The Kier molecular flexibility index (Phi) is 3.85.